The summed E-state index contributed by atoms with van der Waals surface area (Å²) in [7, 11) is 0. The van der Waals surface area contributed by atoms with E-state index in [-0.39, 0.29) is 17.8 Å². The number of morpholine rings is 1. The van der Waals surface area contributed by atoms with E-state index in [1.54, 1.807) is 6.92 Å². The van der Waals surface area contributed by atoms with Gasteiger partial charge in [0.2, 0.25) is 5.91 Å². The molecule has 1 heterocycles. The van der Waals surface area contributed by atoms with Gasteiger partial charge in [0.15, 0.2) is 0 Å². The van der Waals surface area contributed by atoms with E-state index in [2.05, 4.69) is 5.32 Å². The van der Waals surface area contributed by atoms with E-state index in [1.165, 1.54) is 11.3 Å². The number of hydrogen-bond acceptors (Lipinski definition) is 4. The van der Waals surface area contributed by atoms with Crippen molar-refractivity contribution in [1.82, 2.24) is 5.32 Å². The van der Waals surface area contributed by atoms with Gasteiger partial charge < -0.3 is 19.7 Å². The molecule has 0 radical (unpaired) electrons. The van der Waals surface area contributed by atoms with E-state index in [1.807, 2.05) is 0 Å². The number of amides is 1. The van der Waals surface area contributed by atoms with Crippen LogP contribution < -0.4 is 10.2 Å². The summed E-state index contributed by atoms with van der Waals surface area (Å²) in [5, 5.41) is 2.97. The normalized spacial score (nSPS) is 21.2. The third-order valence-electron chi connectivity index (χ3n) is 5.15. The Morgan fingerprint density at radius 1 is 1.21 bits per heavy atom. The van der Waals surface area contributed by atoms with Crippen LogP contribution in [0.2, 0.25) is 0 Å². The number of carbonyl (C=O) groups is 2. The van der Waals surface area contributed by atoms with Crippen LogP contribution in [0.5, 0.6) is 0 Å². The van der Waals surface area contributed by atoms with Crippen LogP contribution in [0.1, 0.15) is 45.4 Å². The molecule has 6 nitrogen and oxygen atoms in total. The van der Waals surface area contributed by atoms with Crippen LogP contribution in [0.25, 0.3) is 0 Å². The maximum atomic E-state index is 12.6. The quantitative estimate of drug-likeness (QED) is 0.375. The first-order chi connectivity index (χ1) is 11.7. The van der Waals surface area contributed by atoms with Crippen LogP contribution in [0.15, 0.2) is 0 Å². The number of rotatable bonds is 8. The third kappa shape index (κ3) is 6.06. The maximum Gasteiger partial charge on any atom is 0.318 e. The van der Waals surface area contributed by atoms with Crippen molar-refractivity contribution in [3.05, 3.63) is 0 Å². The van der Waals surface area contributed by atoms with Crippen molar-refractivity contribution in [3.63, 3.8) is 0 Å². The molecule has 0 unspecified atom stereocenters. The molecule has 1 aliphatic carbocycles. The second-order valence-electron chi connectivity index (χ2n) is 6.88. The lowest BCUT2D eigenvalue weighted by Gasteiger charge is -2.28. The fourth-order valence-electron chi connectivity index (χ4n) is 3.78. The van der Waals surface area contributed by atoms with E-state index in [9.17, 15) is 9.59 Å². The number of esters is 1. The Kier molecular flexibility index (Phi) is 8.53. The summed E-state index contributed by atoms with van der Waals surface area (Å²) in [5.74, 6) is -0.971. The largest absolute Gasteiger partial charge is 0.465 e. The Morgan fingerprint density at radius 2 is 1.92 bits per heavy atom. The molecule has 0 aromatic carbocycles. The molecule has 2 rings (SSSR count). The molecule has 1 saturated carbocycles. The van der Waals surface area contributed by atoms with Gasteiger partial charge in [0.25, 0.3) is 0 Å². The molecule has 2 aliphatic rings. The van der Waals surface area contributed by atoms with Gasteiger partial charge in [-0.05, 0) is 25.7 Å². The molecule has 1 amide bonds. The number of carbonyl (C=O) groups excluding carboxylic acids is 2. The Hall–Kier alpha value is -1.14. The van der Waals surface area contributed by atoms with Crippen molar-refractivity contribution in [2.45, 2.75) is 45.4 Å². The van der Waals surface area contributed by atoms with E-state index >= 15 is 0 Å². The summed E-state index contributed by atoms with van der Waals surface area (Å²) in [4.78, 5) is 26.4. The summed E-state index contributed by atoms with van der Waals surface area (Å²) in [6.07, 6.45) is 6.25. The molecule has 2 N–H and O–H groups in total. The monoisotopic (exact) mass is 341 g/mol. The predicted octanol–water partition coefficient (Wildman–Crippen LogP) is 0.167. The first kappa shape index (κ1) is 19.2. The summed E-state index contributed by atoms with van der Waals surface area (Å²) >= 11 is 0. The fourth-order valence-corrected chi connectivity index (χ4v) is 3.78. The predicted molar refractivity (Wildman–Crippen MR) is 90.7 cm³/mol. The minimum absolute atomic E-state index is 0.141. The van der Waals surface area contributed by atoms with Gasteiger partial charge >= 0.3 is 5.97 Å². The van der Waals surface area contributed by atoms with Gasteiger partial charge in [0.05, 0.1) is 26.4 Å². The van der Waals surface area contributed by atoms with Crippen LogP contribution >= 0.6 is 0 Å². The Morgan fingerprint density at radius 3 is 2.58 bits per heavy atom. The fraction of sp³-hybridized carbons (Fsp3) is 0.889. The van der Waals surface area contributed by atoms with Gasteiger partial charge in [0, 0.05) is 13.0 Å². The Balaban J connectivity index is 1.77. The second kappa shape index (κ2) is 10.7. The Labute approximate surface area is 145 Å². The van der Waals surface area contributed by atoms with Gasteiger partial charge in [0.1, 0.15) is 19.0 Å². The van der Waals surface area contributed by atoms with Crippen molar-refractivity contribution < 1.29 is 24.0 Å². The highest BCUT2D eigenvalue weighted by Gasteiger charge is 2.36. The zero-order chi connectivity index (χ0) is 17.2. The first-order valence-corrected chi connectivity index (χ1v) is 9.58. The van der Waals surface area contributed by atoms with Crippen LogP contribution in [0, 0.1) is 11.8 Å². The lowest BCUT2D eigenvalue weighted by molar-refractivity contribution is -0.908. The van der Waals surface area contributed by atoms with Crippen LogP contribution in [-0.4, -0.2) is 57.9 Å². The highest BCUT2D eigenvalue weighted by molar-refractivity contribution is 5.98. The summed E-state index contributed by atoms with van der Waals surface area (Å²) < 4.78 is 10.5. The first-order valence-electron chi connectivity index (χ1n) is 9.58. The van der Waals surface area contributed by atoms with E-state index in [0.717, 1.165) is 65.0 Å². The van der Waals surface area contributed by atoms with Gasteiger partial charge in [-0.2, -0.15) is 0 Å². The van der Waals surface area contributed by atoms with Crippen LogP contribution in [0.4, 0.5) is 0 Å². The zero-order valence-corrected chi connectivity index (χ0v) is 15.0. The van der Waals surface area contributed by atoms with E-state index in [0.29, 0.717) is 13.2 Å². The molecule has 1 aliphatic heterocycles. The summed E-state index contributed by atoms with van der Waals surface area (Å²) in [5.41, 5.74) is 0. The van der Waals surface area contributed by atoms with Crippen LogP contribution in [0.3, 0.4) is 0 Å². The molecule has 0 bridgehead atoms. The van der Waals surface area contributed by atoms with E-state index in [4.69, 9.17) is 9.47 Å². The Bertz CT molecular complexity index is 390. The highest BCUT2D eigenvalue weighted by atomic mass is 16.5. The molecule has 24 heavy (non-hydrogen) atoms. The van der Waals surface area contributed by atoms with Crippen molar-refractivity contribution in [2.24, 2.45) is 11.8 Å². The average molecular weight is 341 g/mol. The van der Waals surface area contributed by atoms with Gasteiger partial charge in [-0.15, -0.1) is 0 Å². The number of ether oxygens (including phenoxy) is 2. The average Bonchev–Trinajstić information content (AvgIpc) is 2.61. The number of nitrogens with one attached hydrogen (secondary N) is 2. The van der Waals surface area contributed by atoms with Crippen molar-refractivity contribution in [3.8, 4) is 0 Å². The molecule has 6 heteroatoms. The smallest absolute Gasteiger partial charge is 0.318 e. The van der Waals surface area contributed by atoms with Gasteiger partial charge in [-0.25, -0.2) is 0 Å². The topological polar surface area (TPSA) is 69.1 Å². The molecular formula is C18H33N2O4+. The highest BCUT2D eigenvalue weighted by Crippen LogP contribution is 2.31. The number of quaternary nitrogens is 1. The summed E-state index contributed by atoms with van der Waals surface area (Å²) in [6, 6.07) is 0. The standard InChI is InChI=1S/C18H32N2O4/c1-2-24-18(22)16(15-7-4-3-5-8-15)17(21)19-9-6-10-20-11-13-23-14-12-20/h15-16H,2-14H2,1H3,(H,19,21)/p+1/t16-/m0/s1. The van der Waals surface area contributed by atoms with Gasteiger partial charge in [-0.1, -0.05) is 19.3 Å². The molecule has 138 valence electrons. The second-order valence-corrected chi connectivity index (χ2v) is 6.88. The molecular weight excluding hydrogens is 308 g/mol. The SMILES string of the molecule is CCOC(=O)[C@H](C(=O)NCCC[NH+]1CCOCC1)C1CCCCC1. The lowest BCUT2D eigenvalue weighted by Crippen LogP contribution is -3.14. The molecule has 0 aromatic rings. The van der Waals surface area contributed by atoms with Crippen molar-refractivity contribution >= 4 is 11.9 Å². The minimum atomic E-state index is -0.624. The van der Waals surface area contributed by atoms with Crippen LogP contribution in [-0.2, 0) is 19.1 Å². The minimum Gasteiger partial charge on any atom is -0.465 e. The third-order valence-corrected chi connectivity index (χ3v) is 5.15. The van der Waals surface area contributed by atoms with E-state index < -0.39 is 5.92 Å². The maximum absolute atomic E-state index is 12.6. The van der Waals surface area contributed by atoms with Crippen molar-refractivity contribution in [1.29, 1.82) is 0 Å². The lowest BCUT2D eigenvalue weighted by atomic mass is 9.79. The molecule has 0 aromatic heterocycles. The molecule has 1 atom stereocenters. The zero-order valence-electron chi connectivity index (χ0n) is 15.0. The molecule has 2 fully saturated rings. The summed E-state index contributed by atoms with van der Waals surface area (Å²) in [6.45, 7) is 7.53. The van der Waals surface area contributed by atoms with Gasteiger partial charge in [-0.3, -0.25) is 9.59 Å². The number of hydrogen-bond donors (Lipinski definition) is 2. The molecule has 0 spiro atoms. The molecule has 1 saturated heterocycles. The van der Waals surface area contributed by atoms with Crippen molar-refractivity contribution in [2.75, 3.05) is 46.0 Å².